The van der Waals surface area contributed by atoms with E-state index in [-0.39, 0.29) is 17.3 Å². The van der Waals surface area contributed by atoms with Crippen molar-refractivity contribution in [1.29, 1.82) is 0 Å². The van der Waals surface area contributed by atoms with Crippen molar-refractivity contribution < 1.29 is 4.39 Å². The van der Waals surface area contributed by atoms with Gasteiger partial charge in [0.25, 0.3) is 5.56 Å². The van der Waals surface area contributed by atoms with E-state index in [1.165, 1.54) is 21.9 Å². The first-order chi connectivity index (χ1) is 15.5. The summed E-state index contributed by atoms with van der Waals surface area (Å²) in [4.78, 5) is 17.9. The van der Waals surface area contributed by atoms with Crippen LogP contribution in [-0.2, 0) is 0 Å². The second-order valence-corrected chi connectivity index (χ2v) is 9.39. The summed E-state index contributed by atoms with van der Waals surface area (Å²) in [7, 11) is 0. The summed E-state index contributed by atoms with van der Waals surface area (Å²) in [6.07, 6.45) is 1.83. The Morgan fingerprint density at radius 2 is 1.88 bits per heavy atom. The Balaban J connectivity index is 1.48. The van der Waals surface area contributed by atoms with Crippen molar-refractivity contribution >= 4 is 38.3 Å². The predicted octanol–water partition coefficient (Wildman–Crippen LogP) is 5.42. The molecule has 1 unspecified atom stereocenters. The highest BCUT2D eigenvalue weighted by Crippen LogP contribution is 2.28. The van der Waals surface area contributed by atoms with Crippen molar-refractivity contribution in [2.75, 3.05) is 0 Å². The van der Waals surface area contributed by atoms with E-state index in [0.717, 1.165) is 21.2 Å². The lowest BCUT2D eigenvalue weighted by Gasteiger charge is -2.10. The van der Waals surface area contributed by atoms with E-state index < -0.39 is 0 Å². The zero-order valence-corrected chi connectivity index (χ0v) is 19.4. The molecule has 5 aromatic rings. The van der Waals surface area contributed by atoms with E-state index in [9.17, 15) is 9.18 Å². The third-order valence-electron chi connectivity index (χ3n) is 5.31. The largest absolute Gasteiger partial charge is 0.291 e. The van der Waals surface area contributed by atoms with Gasteiger partial charge in [-0.15, -0.1) is 5.10 Å². The summed E-state index contributed by atoms with van der Waals surface area (Å²) in [5.41, 5.74) is 2.85. The summed E-state index contributed by atoms with van der Waals surface area (Å²) in [5.74, 6) is -0.0514. The Kier molecular flexibility index (Phi) is 5.45. The maximum Gasteiger partial charge on any atom is 0.291 e. The highest BCUT2D eigenvalue weighted by Gasteiger charge is 2.19. The van der Waals surface area contributed by atoms with Gasteiger partial charge in [0.2, 0.25) is 4.96 Å². The molecule has 0 amide bonds. The van der Waals surface area contributed by atoms with E-state index in [1.807, 2.05) is 73.7 Å². The molecule has 0 aliphatic carbocycles. The number of hydrogen-bond donors (Lipinski definition) is 0. The maximum atomic E-state index is 14.8. The molecular formula is C25H17BrFN3OS. The Morgan fingerprint density at radius 1 is 1.06 bits per heavy atom. The number of benzene rings is 3. The smallest absolute Gasteiger partial charge is 0.266 e. The minimum Gasteiger partial charge on any atom is -0.266 e. The molecule has 5 rings (SSSR count). The quantitative estimate of drug-likeness (QED) is 0.327. The molecule has 0 fully saturated rings. The lowest BCUT2D eigenvalue weighted by molar-refractivity contribution is 0.626. The minimum absolute atomic E-state index is 0.207. The van der Waals surface area contributed by atoms with Crippen LogP contribution in [-0.4, -0.2) is 14.6 Å². The molecule has 0 bridgehead atoms. The number of aromatic nitrogens is 3. The summed E-state index contributed by atoms with van der Waals surface area (Å²) < 4.78 is 17.6. The Morgan fingerprint density at radius 3 is 2.59 bits per heavy atom. The molecule has 3 aromatic carbocycles. The Hall–Kier alpha value is -3.16. The lowest BCUT2D eigenvalue weighted by Crippen LogP contribution is -2.24. The van der Waals surface area contributed by atoms with Crippen molar-refractivity contribution in [2.24, 2.45) is 0 Å². The van der Waals surface area contributed by atoms with Gasteiger partial charge < -0.3 is 0 Å². The normalized spacial score (nSPS) is 13.0. The predicted molar refractivity (Wildman–Crippen MR) is 129 cm³/mol. The molecule has 0 radical (unpaired) electrons. The van der Waals surface area contributed by atoms with Gasteiger partial charge in [0.05, 0.1) is 4.53 Å². The molecular weight excluding hydrogens is 489 g/mol. The van der Waals surface area contributed by atoms with Gasteiger partial charge in [-0.25, -0.2) is 9.37 Å². The third-order valence-corrected chi connectivity index (χ3v) is 6.76. The summed E-state index contributed by atoms with van der Waals surface area (Å²) in [5, 5.41) is 4.43. The van der Waals surface area contributed by atoms with Crippen molar-refractivity contribution in [2.45, 2.75) is 12.8 Å². The first-order valence-electron chi connectivity index (χ1n) is 10.0. The zero-order valence-electron chi connectivity index (χ0n) is 17.0. The average molecular weight is 506 g/mol. The fraction of sp³-hybridized carbons (Fsp3) is 0.0800. The molecule has 32 heavy (non-hydrogen) atoms. The molecule has 0 saturated heterocycles. The van der Waals surface area contributed by atoms with Crippen molar-refractivity contribution in [1.82, 2.24) is 14.6 Å². The van der Waals surface area contributed by atoms with Crippen LogP contribution in [0.25, 0.3) is 22.2 Å². The molecule has 2 aromatic heterocycles. The van der Waals surface area contributed by atoms with Crippen LogP contribution in [0.2, 0.25) is 0 Å². The first-order valence-corrected chi connectivity index (χ1v) is 11.6. The van der Waals surface area contributed by atoms with Crippen LogP contribution in [0.15, 0.2) is 82.1 Å². The Labute approximate surface area is 195 Å². The molecule has 0 saturated carbocycles. The van der Waals surface area contributed by atoms with Gasteiger partial charge in [-0.05, 0) is 41.0 Å². The highest BCUT2D eigenvalue weighted by atomic mass is 79.9. The van der Waals surface area contributed by atoms with Gasteiger partial charge in [0.15, 0.2) is 5.82 Å². The number of thiazole rings is 1. The van der Waals surface area contributed by atoms with Gasteiger partial charge >= 0.3 is 0 Å². The van der Waals surface area contributed by atoms with Gasteiger partial charge in [-0.1, -0.05) is 88.8 Å². The SMILES string of the molecule is CC(c1ccc(-c2ccccc2)c(F)c1)c1nc2s/c(=C\c3cccc(Br)c3)c(=O)n2n1. The van der Waals surface area contributed by atoms with E-state index in [4.69, 9.17) is 0 Å². The molecule has 2 heterocycles. The maximum absolute atomic E-state index is 14.8. The topological polar surface area (TPSA) is 47.3 Å². The van der Waals surface area contributed by atoms with Crippen LogP contribution >= 0.6 is 27.3 Å². The average Bonchev–Trinajstić information content (AvgIpc) is 3.33. The van der Waals surface area contributed by atoms with Crippen LogP contribution in [0.1, 0.15) is 29.8 Å². The van der Waals surface area contributed by atoms with Crippen LogP contribution in [0.4, 0.5) is 4.39 Å². The minimum atomic E-state index is -0.294. The summed E-state index contributed by atoms with van der Waals surface area (Å²) >= 11 is 4.73. The molecule has 0 aliphatic heterocycles. The summed E-state index contributed by atoms with van der Waals surface area (Å²) in [6.45, 7) is 1.91. The van der Waals surface area contributed by atoms with E-state index in [0.29, 0.717) is 20.9 Å². The van der Waals surface area contributed by atoms with Crippen LogP contribution < -0.4 is 10.1 Å². The number of nitrogens with zero attached hydrogens (tertiary/aromatic N) is 3. The monoisotopic (exact) mass is 505 g/mol. The molecule has 1 atom stereocenters. The zero-order chi connectivity index (χ0) is 22.2. The van der Waals surface area contributed by atoms with E-state index >= 15 is 0 Å². The van der Waals surface area contributed by atoms with Gasteiger partial charge in [0, 0.05) is 16.0 Å². The van der Waals surface area contributed by atoms with Crippen LogP contribution in [0.3, 0.4) is 0 Å². The molecule has 0 spiro atoms. The third kappa shape index (κ3) is 3.89. The number of rotatable bonds is 4. The van der Waals surface area contributed by atoms with Crippen LogP contribution in [0, 0.1) is 5.82 Å². The fourth-order valence-corrected chi connectivity index (χ4v) is 4.91. The number of halogens is 2. The van der Waals surface area contributed by atoms with E-state index in [1.54, 1.807) is 6.07 Å². The van der Waals surface area contributed by atoms with Gasteiger partial charge in [-0.3, -0.25) is 4.79 Å². The molecule has 7 heteroatoms. The standard InChI is InChI=1S/C25H17BrFN3OS/c1-15(18-10-11-20(21(27)14-18)17-7-3-2-4-8-17)23-28-25-30(29-23)24(31)22(32-25)13-16-6-5-9-19(26)12-16/h2-15H,1H3/b22-13-. The second kappa shape index (κ2) is 8.41. The lowest BCUT2D eigenvalue weighted by atomic mass is 9.96. The van der Waals surface area contributed by atoms with Crippen molar-refractivity contribution in [3.63, 3.8) is 0 Å². The molecule has 0 N–H and O–H groups in total. The number of fused-ring (bicyclic) bond motifs is 1. The van der Waals surface area contributed by atoms with Gasteiger partial charge in [0.1, 0.15) is 5.82 Å². The molecule has 0 aliphatic rings. The van der Waals surface area contributed by atoms with Crippen molar-refractivity contribution in [3.05, 3.63) is 115 Å². The first kappa shape index (κ1) is 20.7. The molecule has 158 valence electrons. The van der Waals surface area contributed by atoms with Gasteiger partial charge in [-0.2, -0.15) is 4.52 Å². The molecule has 4 nitrogen and oxygen atoms in total. The number of hydrogen-bond acceptors (Lipinski definition) is 4. The van der Waals surface area contributed by atoms with E-state index in [2.05, 4.69) is 26.0 Å². The Bertz CT molecular complexity index is 1550. The highest BCUT2D eigenvalue weighted by molar-refractivity contribution is 9.10. The summed E-state index contributed by atoms with van der Waals surface area (Å²) in [6, 6.07) is 22.3. The van der Waals surface area contributed by atoms with Crippen molar-refractivity contribution in [3.8, 4) is 11.1 Å². The second-order valence-electron chi connectivity index (χ2n) is 7.46. The van der Waals surface area contributed by atoms with Crippen LogP contribution in [0.5, 0.6) is 0 Å². The fourth-order valence-electron chi connectivity index (χ4n) is 3.58.